The van der Waals surface area contributed by atoms with Crippen LogP contribution in [0, 0.1) is 0 Å². The maximum absolute atomic E-state index is 13.1. The van der Waals surface area contributed by atoms with Crippen LogP contribution in [0.1, 0.15) is 27.8 Å². The first-order valence-corrected chi connectivity index (χ1v) is 10.3. The molecule has 7 heteroatoms. The molecule has 3 aromatic rings. The van der Waals surface area contributed by atoms with Crippen LogP contribution in [0.3, 0.4) is 0 Å². The molecule has 2 aliphatic heterocycles. The summed E-state index contributed by atoms with van der Waals surface area (Å²) in [6.07, 6.45) is 4.11. The van der Waals surface area contributed by atoms with Gasteiger partial charge < -0.3 is 14.4 Å². The van der Waals surface area contributed by atoms with Crippen molar-refractivity contribution in [1.29, 1.82) is 0 Å². The number of aromatic nitrogens is 2. The molecular weight excluding hydrogens is 372 g/mol. The summed E-state index contributed by atoms with van der Waals surface area (Å²) in [6, 6.07) is 11.5. The number of carbonyl (C=O) groups excluding carboxylic acids is 2. The molecule has 2 atom stereocenters. The molecule has 28 heavy (non-hydrogen) atoms. The highest BCUT2D eigenvalue weighted by Gasteiger charge is 2.46. The van der Waals surface area contributed by atoms with Gasteiger partial charge in [-0.2, -0.15) is 11.3 Å². The number of likely N-dealkylation sites (tertiary alicyclic amines) is 1. The Morgan fingerprint density at radius 1 is 1.14 bits per heavy atom. The van der Waals surface area contributed by atoms with Gasteiger partial charge in [0.1, 0.15) is 5.69 Å². The van der Waals surface area contributed by atoms with Crippen LogP contribution in [0.15, 0.2) is 59.6 Å². The summed E-state index contributed by atoms with van der Waals surface area (Å²) >= 11 is 1.60. The summed E-state index contributed by atoms with van der Waals surface area (Å²) < 4.78 is 2.04. The van der Waals surface area contributed by atoms with E-state index in [-0.39, 0.29) is 23.9 Å². The molecule has 1 saturated heterocycles. The normalized spacial score (nSPS) is 20.9. The first-order chi connectivity index (χ1) is 13.7. The van der Waals surface area contributed by atoms with E-state index in [4.69, 9.17) is 0 Å². The van der Waals surface area contributed by atoms with Gasteiger partial charge in [-0.1, -0.05) is 6.07 Å². The number of hydrogen-bond donors (Lipinski definition) is 0. The van der Waals surface area contributed by atoms with Crippen LogP contribution in [-0.2, 0) is 17.8 Å². The molecule has 0 bridgehead atoms. The second kappa shape index (κ2) is 6.91. The van der Waals surface area contributed by atoms with Gasteiger partial charge in [-0.15, -0.1) is 0 Å². The highest BCUT2D eigenvalue weighted by atomic mass is 32.1. The van der Waals surface area contributed by atoms with Crippen LogP contribution >= 0.6 is 11.3 Å². The highest BCUT2D eigenvalue weighted by molar-refractivity contribution is 7.08. The molecule has 0 aliphatic carbocycles. The number of amides is 2. The van der Waals surface area contributed by atoms with Crippen LogP contribution < -0.4 is 0 Å². The molecule has 142 valence electrons. The van der Waals surface area contributed by atoms with E-state index >= 15 is 0 Å². The van der Waals surface area contributed by atoms with E-state index in [0.29, 0.717) is 31.7 Å². The molecule has 6 nitrogen and oxygen atoms in total. The molecule has 0 aromatic carbocycles. The maximum Gasteiger partial charge on any atom is 0.271 e. The Morgan fingerprint density at radius 3 is 2.82 bits per heavy atom. The van der Waals surface area contributed by atoms with Crippen molar-refractivity contribution in [2.24, 2.45) is 0 Å². The average Bonchev–Trinajstić information content (AvgIpc) is 3.45. The third-order valence-electron chi connectivity index (χ3n) is 5.62. The van der Waals surface area contributed by atoms with Crippen LogP contribution in [0.25, 0.3) is 0 Å². The van der Waals surface area contributed by atoms with Crippen molar-refractivity contribution >= 4 is 23.2 Å². The van der Waals surface area contributed by atoms with Crippen LogP contribution in [-0.4, -0.2) is 50.3 Å². The minimum Gasteiger partial charge on any atom is -0.338 e. The number of hydrogen-bond acceptors (Lipinski definition) is 4. The van der Waals surface area contributed by atoms with Gasteiger partial charge in [0.05, 0.1) is 30.7 Å². The monoisotopic (exact) mass is 392 g/mol. The minimum atomic E-state index is -0.0409. The van der Waals surface area contributed by atoms with Crippen molar-refractivity contribution in [3.05, 3.63) is 76.5 Å². The summed E-state index contributed by atoms with van der Waals surface area (Å²) in [7, 11) is 0. The standard InChI is InChI=1S/C21H20N4O2S/c26-20(10-15-6-9-28-14-15)23-12-18-19(13-23)25(11-16-4-1-2-7-22-16)21(27)17-5-3-8-24(17)18/h1-9,14,18-19H,10-13H2/t18-,19-/m1/s1. The largest absolute Gasteiger partial charge is 0.338 e. The fourth-order valence-electron chi connectivity index (χ4n) is 4.25. The second-order valence-corrected chi connectivity index (χ2v) is 8.08. The number of fused-ring (bicyclic) bond motifs is 3. The molecular formula is C21H20N4O2S. The van der Waals surface area contributed by atoms with Crippen molar-refractivity contribution in [2.45, 2.75) is 25.0 Å². The number of nitrogens with zero attached hydrogens (tertiary/aromatic N) is 4. The zero-order chi connectivity index (χ0) is 19.1. The fourth-order valence-corrected chi connectivity index (χ4v) is 4.92. The lowest BCUT2D eigenvalue weighted by Crippen LogP contribution is -2.50. The number of carbonyl (C=O) groups is 2. The third kappa shape index (κ3) is 2.92. The van der Waals surface area contributed by atoms with Crippen LogP contribution in [0.5, 0.6) is 0 Å². The summed E-state index contributed by atoms with van der Waals surface area (Å²) in [6.45, 7) is 1.64. The summed E-state index contributed by atoms with van der Waals surface area (Å²) in [5.74, 6) is 0.121. The summed E-state index contributed by atoms with van der Waals surface area (Å²) in [5.41, 5.74) is 2.59. The van der Waals surface area contributed by atoms with Crippen molar-refractivity contribution in [1.82, 2.24) is 19.4 Å². The molecule has 0 unspecified atom stereocenters. The Balaban J connectivity index is 1.42. The third-order valence-corrected chi connectivity index (χ3v) is 6.35. The zero-order valence-electron chi connectivity index (χ0n) is 15.3. The molecule has 5 rings (SSSR count). The Kier molecular flexibility index (Phi) is 4.24. The van der Waals surface area contributed by atoms with Crippen molar-refractivity contribution in [3.8, 4) is 0 Å². The fraction of sp³-hybridized carbons (Fsp3) is 0.286. The zero-order valence-corrected chi connectivity index (χ0v) is 16.1. The van der Waals surface area contributed by atoms with Gasteiger partial charge in [-0.05, 0) is 46.7 Å². The molecule has 0 saturated carbocycles. The predicted molar refractivity (Wildman–Crippen MR) is 106 cm³/mol. The molecule has 2 amide bonds. The van der Waals surface area contributed by atoms with E-state index in [1.807, 2.05) is 67.7 Å². The first kappa shape index (κ1) is 17.2. The number of rotatable bonds is 4. The second-order valence-electron chi connectivity index (χ2n) is 7.30. The molecule has 1 fully saturated rings. The Hall–Kier alpha value is -2.93. The topological polar surface area (TPSA) is 58.4 Å². The maximum atomic E-state index is 13.1. The van der Waals surface area contributed by atoms with Gasteiger partial charge in [0.15, 0.2) is 0 Å². The van der Waals surface area contributed by atoms with E-state index in [9.17, 15) is 9.59 Å². The van der Waals surface area contributed by atoms with E-state index in [2.05, 4.69) is 4.98 Å². The highest BCUT2D eigenvalue weighted by Crippen LogP contribution is 2.34. The predicted octanol–water partition coefficient (Wildman–Crippen LogP) is 2.60. The van der Waals surface area contributed by atoms with Gasteiger partial charge in [-0.25, -0.2) is 0 Å². The molecule has 3 aromatic heterocycles. The number of pyridine rings is 1. The Bertz CT molecular complexity index is 999. The van der Waals surface area contributed by atoms with Gasteiger partial charge in [0, 0.05) is 25.5 Å². The first-order valence-electron chi connectivity index (χ1n) is 9.37. The SMILES string of the molecule is O=C(Cc1ccsc1)N1C[C@@H]2[C@@H](C1)n1cccc1C(=O)N2Cc1ccccn1. The molecule has 0 spiro atoms. The molecule has 0 N–H and O–H groups in total. The van der Waals surface area contributed by atoms with Gasteiger partial charge in [0.2, 0.25) is 5.91 Å². The van der Waals surface area contributed by atoms with E-state index in [0.717, 1.165) is 11.3 Å². The molecule has 0 radical (unpaired) electrons. The summed E-state index contributed by atoms with van der Waals surface area (Å²) in [4.78, 5) is 34.2. The van der Waals surface area contributed by atoms with E-state index in [1.165, 1.54) is 0 Å². The summed E-state index contributed by atoms with van der Waals surface area (Å²) in [5, 5.41) is 4.01. The lowest BCUT2D eigenvalue weighted by Gasteiger charge is -2.37. The quantitative estimate of drug-likeness (QED) is 0.686. The lowest BCUT2D eigenvalue weighted by molar-refractivity contribution is -0.129. The number of thiophene rings is 1. The smallest absolute Gasteiger partial charge is 0.271 e. The molecule has 2 aliphatic rings. The lowest BCUT2D eigenvalue weighted by atomic mass is 10.1. The van der Waals surface area contributed by atoms with Crippen molar-refractivity contribution in [2.75, 3.05) is 13.1 Å². The van der Waals surface area contributed by atoms with Gasteiger partial charge >= 0.3 is 0 Å². The van der Waals surface area contributed by atoms with Gasteiger partial charge in [0.25, 0.3) is 5.91 Å². The Morgan fingerprint density at radius 2 is 2.04 bits per heavy atom. The van der Waals surface area contributed by atoms with E-state index < -0.39 is 0 Å². The van der Waals surface area contributed by atoms with E-state index in [1.54, 1.807) is 17.5 Å². The van der Waals surface area contributed by atoms with Gasteiger partial charge in [-0.3, -0.25) is 14.6 Å². The van der Waals surface area contributed by atoms with Crippen molar-refractivity contribution in [3.63, 3.8) is 0 Å². The van der Waals surface area contributed by atoms with Crippen LogP contribution in [0.2, 0.25) is 0 Å². The van der Waals surface area contributed by atoms with Crippen molar-refractivity contribution < 1.29 is 9.59 Å². The minimum absolute atomic E-state index is 0.00374. The molecule has 5 heterocycles. The average molecular weight is 392 g/mol. The van der Waals surface area contributed by atoms with Crippen LogP contribution in [0.4, 0.5) is 0 Å². The Labute approximate surface area is 167 Å².